The lowest BCUT2D eigenvalue weighted by molar-refractivity contribution is -0.121. The predicted octanol–water partition coefficient (Wildman–Crippen LogP) is 0.452. The number of methoxy groups -OCH3 is 1. The number of H-pyrrole nitrogens is 1. The van der Waals surface area contributed by atoms with Crippen molar-refractivity contribution in [3.05, 3.63) is 18.2 Å². The Hall–Kier alpha value is -1.36. The monoisotopic (exact) mass is 197 g/mol. The van der Waals surface area contributed by atoms with Crippen molar-refractivity contribution in [1.82, 2.24) is 15.3 Å². The summed E-state index contributed by atoms with van der Waals surface area (Å²) in [6, 6.07) is 0. The van der Waals surface area contributed by atoms with Gasteiger partial charge in [0.2, 0.25) is 5.91 Å². The molecule has 0 bridgehead atoms. The van der Waals surface area contributed by atoms with Crippen molar-refractivity contribution in [2.45, 2.75) is 19.4 Å². The Balaban J connectivity index is 2.09. The highest BCUT2D eigenvalue weighted by atomic mass is 16.5. The third kappa shape index (κ3) is 4.04. The lowest BCUT2D eigenvalue weighted by Gasteiger charge is -2.02. The van der Waals surface area contributed by atoms with Crippen LogP contribution in [0, 0.1) is 0 Å². The van der Waals surface area contributed by atoms with Gasteiger partial charge < -0.3 is 15.0 Å². The van der Waals surface area contributed by atoms with Gasteiger partial charge in [0, 0.05) is 26.3 Å². The molecule has 0 radical (unpaired) electrons. The normalized spacial score (nSPS) is 10.1. The Morgan fingerprint density at radius 2 is 2.57 bits per heavy atom. The van der Waals surface area contributed by atoms with E-state index < -0.39 is 0 Å². The molecule has 14 heavy (non-hydrogen) atoms. The summed E-state index contributed by atoms with van der Waals surface area (Å²) in [6.45, 7) is 1.13. The molecule has 0 aliphatic rings. The molecular formula is C9H15N3O2. The second-order valence-corrected chi connectivity index (χ2v) is 2.95. The fourth-order valence-electron chi connectivity index (χ4n) is 1.04. The third-order valence-electron chi connectivity index (χ3n) is 1.78. The third-order valence-corrected chi connectivity index (χ3v) is 1.78. The molecule has 5 heteroatoms. The fourth-order valence-corrected chi connectivity index (χ4v) is 1.04. The molecule has 1 heterocycles. The Morgan fingerprint density at radius 1 is 1.71 bits per heavy atom. The summed E-state index contributed by atoms with van der Waals surface area (Å²) in [7, 11) is 1.63. The van der Waals surface area contributed by atoms with Gasteiger partial charge in [0.1, 0.15) is 0 Å². The second kappa shape index (κ2) is 6.15. The van der Waals surface area contributed by atoms with Crippen LogP contribution in [0.4, 0.5) is 0 Å². The van der Waals surface area contributed by atoms with Gasteiger partial charge in [-0.2, -0.15) is 0 Å². The molecule has 1 rings (SSSR count). The zero-order chi connectivity index (χ0) is 10.2. The molecular weight excluding hydrogens is 182 g/mol. The Morgan fingerprint density at radius 3 is 3.21 bits per heavy atom. The average Bonchev–Trinajstić information content (AvgIpc) is 2.68. The quantitative estimate of drug-likeness (QED) is 0.651. The van der Waals surface area contributed by atoms with E-state index in [2.05, 4.69) is 15.3 Å². The van der Waals surface area contributed by atoms with Gasteiger partial charge in [-0.25, -0.2) is 4.98 Å². The first-order chi connectivity index (χ1) is 6.83. The van der Waals surface area contributed by atoms with Crippen molar-refractivity contribution in [2.75, 3.05) is 13.7 Å². The molecule has 0 unspecified atom stereocenters. The molecule has 0 saturated carbocycles. The van der Waals surface area contributed by atoms with Gasteiger partial charge in [-0.05, 0) is 6.42 Å². The van der Waals surface area contributed by atoms with Crippen LogP contribution in [-0.2, 0) is 16.1 Å². The number of aromatic amines is 1. The van der Waals surface area contributed by atoms with Crippen molar-refractivity contribution in [3.8, 4) is 0 Å². The first-order valence-corrected chi connectivity index (χ1v) is 4.56. The van der Waals surface area contributed by atoms with E-state index >= 15 is 0 Å². The lowest BCUT2D eigenvalue weighted by atomic mass is 10.3. The first-order valence-electron chi connectivity index (χ1n) is 4.56. The number of rotatable bonds is 6. The number of hydrogen-bond acceptors (Lipinski definition) is 3. The maximum absolute atomic E-state index is 11.2. The highest BCUT2D eigenvalue weighted by molar-refractivity contribution is 5.75. The number of carbonyl (C=O) groups is 1. The van der Waals surface area contributed by atoms with Crippen molar-refractivity contribution < 1.29 is 9.53 Å². The van der Waals surface area contributed by atoms with Crippen LogP contribution in [0.2, 0.25) is 0 Å². The van der Waals surface area contributed by atoms with Crippen molar-refractivity contribution in [2.24, 2.45) is 0 Å². The van der Waals surface area contributed by atoms with E-state index in [1.54, 1.807) is 19.6 Å². The minimum Gasteiger partial charge on any atom is -0.385 e. The topological polar surface area (TPSA) is 67.0 Å². The fraction of sp³-hybridized carbons (Fsp3) is 0.556. The van der Waals surface area contributed by atoms with E-state index in [4.69, 9.17) is 4.74 Å². The minimum atomic E-state index is 0.0386. The first kappa shape index (κ1) is 10.7. The van der Waals surface area contributed by atoms with Gasteiger partial charge in [0.15, 0.2) is 0 Å². The number of carbonyl (C=O) groups excluding carboxylic acids is 1. The Bertz CT molecular complexity index is 259. The Kier molecular flexibility index (Phi) is 4.71. The molecule has 0 atom stereocenters. The van der Waals surface area contributed by atoms with Crippen LogP contribution < -0.4 is 5.32 Å². The summed E-state index contributed by atoms with van der Waals surface area (Å²) in [5, 5.41) is 2.78. The van der Waals surface area contributed by atoms with Crippen LogP contribution in [0.5, 0.6) is 0 Å². The molecule has 0 aromatic carbocycles. The number of nitrogens with one attached hydrogen (secondary N) is 2. The second-order valence-electron chi connectivity index (χ2n) is 2.95. The van der Waals surface area contributed by atoms with Crippen LogP contribution in [-0.4, -0.2) is 29.6 Å². The molecule has 0 saturated heterocycles. The molecule has 1 aromatic heterocycles. The van der Waals surface area contributed by atoms with Crippen molar-refractivity contribution >= 4 is 5.91 Å². The highest BCUT2D eigenvalue weighted by Crippen LogP contribution is 1.92. The van der Waals surface area contributed by atoms with E-state index in [9.17, 15) is 4.79 Å². The van der Waals surface area contributed by atoms with Crippen LogP contribution in [0.25, 0.3) is 0 Å². The number of imidazole rings is 1. The van der Waals surface area contributed by atoms with Gasteiger partial charge in [0.05, 0.1) is 18.6 Å². The zero-order valence-electron chi connectivity index (χ0n) is 8.25. The van der Waals surface area contributed by atoms with E-state index in [1.807, 2.05) is 0 Å². The summed E-state index contributed by atoms with van der Waals surface area (Å²) in [6.07, 6.45) is 4.54. The van der Waals surface area contributed by atoms with Crippen molar-refractivity contribution in [1.29, 1.82) is 0 Å². The number of hydrogen-bond donors (Lipinski definition) is 2. The van der Waals surface area contributed by atoms with Gasteiger partial charge >= 0.3 is 0 Å². The number of nitrogens with zero attached hydrogens (tertiary/aromatic N) is 1. The molecule has 0 spiro atoms. The van der Waals surface area contributed by atoms with Gasteiger partial charge in [-0.1, -0.05) is 0 Å². The van der Waals surface area contributed by atoms with E-state index in [1.165, 1.54) is 0 Å². The maximum Gasteiger partial charge on any atom is 0.220 e. The molecule has 5 nitrogen and oxygen atoms in total. The number of ether oxygens (including phenoxy) is 1. The van der Waals surface area contributed by atoms with Crippen LogP contribution in [0.1, 0.15) is 18.5 Å². The van der Waals surface area contributed by atoms with Crippen LogP contribution in [0.3, 0.4) is 0 Å². The predicted molar refractivity (Wildman–Crippen MR) is 51.5 cm³/mol. The molecule has 2 N–H and O–H groups in total. The van der Waals surface area contributed by atoms with Gasteiger partial charge in [-0.15, -0.1) is 0 Å². The SMILES string of the molecule is COCCCC(=O)NCc1cnc[nH]1. The van der Waals surface area contributed by atoms with E-state index in [0.29, 0.717) is 19.6 Å². The standard InChI is InChI=1S/C9H15N3O2/c1-14-4-2-3-9(13)11-6-8-5-10-7-12-8/h5,7H,2-4,6H2,1H3,(H,10,12)(H,11,13). The largest absolute Gasteiger partial charge is 0.385 e. The summed E-state index contributed by atoms with van der Waals surface area (Å²) in [5.41, 5.74) is 0.907. The van der Waals surface area contributed by atoms with Crippen LogP contribution in [0.15, 0.2) is 12.5 Å². The average molecular weight is 197 g/mol. The molecule has 78 valence electrons. The maximum atomic E-state index is 11.2. The zero-order valence-corrected chi connectivity index (χ0v) is 8.25. The molecule has 0 fully saturated rings. The van der Waals surface area contributed by atoms with Crippen molar-refractivity contribution in [3.63, 3.8) is 0 Å². The summed E-state index contributed by atoms with van der Waals surface area (Å²) < 4.78 is 4.85. The lowest BCUT2D eigenvalue weighted by Crippen LogP contribution is -2.22. The number of amides is 1. The molecule has 1 aromatic rings. The molecule has 1 amide bonds. The summed E-state index contributed by atoms with van der Waals surface area (Å²) in [4.78, 5) is 18.0. The van der Waals surface area contributed by atoms with Crippen LogP contribution >= 0.6 is 0 Å². The van der Waals surface area contributed by atoms with E-state index in [0.717, 1.165) is 12.1 Å². The van der Waals surface area contributed by atoms with Gasteiger partial charge in [-0.3, -0.25) is 4.79 Å². The Labute approximate surface area is 82.9 Å². The summed E-state index contributed by atoms with van der Waals surface area (Å²) in [5.74, 6) is 0.0386. The summed E-state index contributed by atoms with van der Waals surface area (Å²) >= 11 is 0. The highest BCUT2D eigenvalue weighted by Gasteiger charge is 2.00. The minimum absolute atomic E-state index is 0.0386. The smallest absolute Gasteiger partial charge is 0.220 e. The van der Waals surface area contributed by atoms with E-state index in [-0.39, 0.29) is 5.91 Å². The number of aromatic nitrogens is 2. The van der Waals surface area contributed by atoms with Gasteiger partial charge in [0.25, 0.3) is 0 Å². The molecule has 0 aliphatic carbocycles. The molecule has 0 aliphatic heterocycles.